The van der Waals surface area contributed by atoms with Crippen molar-refractivity contribution in [2.24, 2.45) is 0 Å². The van der Waals surface area contributed by atoms with Gasteiger partial charge in [-0.05, 0) is 116 Å². The molecule has 0 saturated heterocycles. The maximum absolute atomic E-state index is 6.00. The third-order valence-electron chi connectivity index (χ3n) is 4.30. The molecule has 0 aliphatic heterocycles. The lowest BCUT2D eigenvalue weighted by Crippen LogP contribution is -1.85. The lowest BCUT2D eigenvalue weighted by Gasteiger charge is -2.08. The van der Waals surface area contributed by atoms with Crippen molar-refractivity contribution in [3.05, 3.63) is 104 Å². The third-order valence-corrected chi connectivity index (χ3v) is 5.74. The zero-order valence-electron chi connectivity index (χ0n) is 14.4. The number of benzene rings is 4. The van der Waals surface area contributed by atoms with Gasteiger partial charge >= 0.3 is 0 Å². The quantitative estimate of drug-likeness (QED) is 0.225. The molecule has 0 unspecified atom stereocenters. The molecule has 1 nitrogen and oxygen atoms in total. The lowest BCUT2D eigenvalue weighted by molar-refractivity contribution is 0.483. The monoisotopic (exact) mass is 574 g/mol. The Morgan fingerprint density at radius 1 is 0.370 bits per heavy atom. The molecule has 4 aromatic rings. The second kappa shape index (κ2) is 8.44. The molecule has 0 aliphatic carbocycles. The van der Waals surface area contributed by atoms with Gasteiger partial charge in [0, 0.05) is 7.14 Å². The number of ether oxygens (including phenoxy) is 1. The van der Waals surface area contributed by atoms with E-state index in [0.29, 0.717) is 0 Å². The summed E-state index contributed by atoms with van der Waals surface area (Å²) in [4.78, 5) is 0. The molecular formula is C24H16I2O. The number of hydrogen-bond donors (Lipinski definition) is 0. The zero-order valence-corrected chi connectivity index (χ0v) is 18.7. The topological polar surface area (TPSA) is 9.23 Å². The van der Waals surface area contributed by atoms with Gasteiger partial charge in [0.1, 0.15) is 11.5 Å². The van der Waals surface area contributed by atoms with Gasteiger partial charge in [-0.3, -0.25) is 0 Å². The predicted molar refractivity (Wildman–Crippen MR) is 129 cm³/mol. The van der Waals surface area contributed by atoms with Crippen molar-refractivity contribution in [2.45, 2.75) is 0 Å². The van der Waals surface area contributed by atoms with Crippen LogP contribution in [0, 0.1) is 7.14 Å². The molecule has 27 heavy (non-hydrogen) atoms. The molecule has 132 valence electrons. The number of halogens is 2. The maximum Gasteiger partial charge on any atom is 0.127 e. The molecule has 0 radical (unpaired) electrons. The summed E-state index contributed by atoms with van der Waals surface area (Å²) in [7, 11) is 0. The molecule has 0 aliphatic rings. The summed E-state index contributed by atoms with van der Waals surface area (Å²) in [6, 6.07) is 33.5. The van der Waals surface area contributed by atoms with Gasteiger partial charge in [-0.1, -0.05) is 48.5 Å². The minimum absolute atomic E-state index is 0.839. The van der Waals surface area contributed by atoms with Gasteiger partial charge in [0.05, 0.1) is 0 Å². The van der Waals surface area contributed by atoms with Crippen LogP contribution in [-0.4, -0.2) is 0 Å². The second-order valence-electron chi connectivity index (χ2n) is 6.16. The molecule has 0 atom stereocenters. The van der Waals surface area contributed by atoms with E-state index < -0.39 is 0 Å². The van der Waals surface area contributed by atoms with Crippen LogP contribution in [0.2, 0.25) is 0 Å². The van der Waals surface area contributed by atoms with E-state index in [-0.39, 0.29) is 0 Å². The fraction of sp³-hybridized carbons (Fsp3) is 0. The van der Waals surface area contributed by atoms with E-state index in [1.54, 1.807) is 0 Å². The largest absolute Gasteiger partial charge is 0.457 e. The third kappa shape index (κ3) is 4.71. The number of hydrogen-bond acceptors (Lipinski definition) is 1. The SMILES string of the molecule is Ic1ccc(-c2ccc(Oc3ccc(-c4ccc(I)cc4)cc3)cc2)cc1. The van der Waals surface area contributed by atoms with Crippen LogP contribution < -0.4 is 4.74 Å². The van der Waals surface area contributed by atoms with Crippen LogP contribution in [-0.2, 0) is 0 Å². The Hall–Kier alpha value is -1.86. The first-order valence-electron chi connectivity index (χ1n) is 8.57. The van der Waals surface area contributed by atoms with E-state index in [2.05, 4.69) is 118 Å². The van der Waals surface area contributed by atoms with Gasteiger partial charge in [-0.2, -0.15) is 0 Å². The van der Waals surface area contributed by atoms with E-state index in [1.165, 1.54) is 29.4 Å². The van der Waals surface area contributed by atoms with E-state index >= 15 is 0 Å². The summed E-state index contributed by atoms with van der Waals surface area (Å²) in [5.41, 5.74) is 4.80. The summed E-state index contributed by atoms with van der Waals surface area (Å²) < 4.78 is 8.48. The second-order valence-corrected chi connectivity index (χ2v) is 8.66. The normalized spacial score (nSPS) is 10.6. The molecule has 4 rings (SSSR count). The molecule has 0 N–H and O–H groups in total. The highest BCUT2D eigenvalue weighted by molar-refractivity contribution is 14.1. The van der Waals surface area contributed by atoms with E-state index in [1.807, 2.05) is 24.3 Å². The number of rotatable bonds is 4. The first-order valence-corrected chi connectivity index (χ1v) is 10.7. The van der Waals surface area contributed by atoms with Gasteiger partial charge in [-0.25, -0.2) is 0 Å². The Balaban J connectivity index is 1.47. The summed E-state index contributed by atoms with van der Waals surface area (Å²) in [5, 5.41) is 0. The first kappa shape index (κ1) is 18.5. The van der Waals surface area contributed by atoms with Crippen LogP contribution in [0.25, 0.3) is 22.3 Å². The van der Waals surface area contributed by atoms with Crippen LogP contribution in [0.5, 0.6) is 11.5 Å². The molecule has 0 fully saturated rings. The first-order chi connectivity index (χ1) is 13.2. The van der Waals surface area contributed by atoms with E-state index in [0.717, 1.165) is 11.5 Å². The van der Waals surface area contributed by atoms with E-state index in [4.69, 9.17) is 4.74 Å². The van der Waals surface area contributed by atoms with Crippen LogP contribution in [0.1, 0.15) is 0 Å². The molecule has 0 bridgehead atoms. The molecule has 4 aromatic carbocycles. The van der Waals surface area contributed by atoms with Crippen molar-refractivity contribution in [3.63, 3.8) is 0 Å². The van der Waals surface area contributed by atoms with Crippen molar-refractivity contribution in [3.8, 4) is 33.8 Å². The summed E-state index contributed by atoms with van der Waals surface area (Å²) in [5.74, 6) is 1.68. The van der Waals surface area contributed by atoms with Crippen molar-refractivity contribution in [2.75, 3.05) is 0 Å². The highest BCUT2D eigenvalue weighted by atomic mass is 127. The fourth-order valence-electron chi connectivity index (χ4n) is 2.85. The van der Waals surface area contributed by atoms with Crippen molar-refractivity contribution in [1.82, 2.24) is 0 Å². The zero-order chi connectivity index (χ0) is 18.6. The molecule has 0 spiro atoms. The smallest absolute Gasteiger partial charge is 0.127 e. The molecule has 0 amide bonds. The Morgan fingerprint density at radius 3 is 0.926 bits per heavy atom. The fourth-order valence-corrected chi connectivity index (χ4v) is 3.57. The summed E-state index contributed by atoms with van der Waals surface area (Å²) in [6.07, 6.45) is 0. The molecule has 3 heteroatoms. The Morgan fingerprint density at radius 2 is 0.630 bits per heavy atom. The Labute approximate surface area is 186 Å². The highest BCUT2D eigenvalue weighted by Gasteiger charge is 2.02. The van der Waals surface area contributed by atoms with Crippen LogP contribution in [0.4, 0.5) is 0 Å². The minimum Gasteiger partial charge on any atom is -0.457 e. The van der Waals surface area contributed by atoms with Crippen LogP contribution >= 0.6 is 45.2 Å². The average Bonchev–Trinajstić information content (AvgIpc) is 2.71. The van der Waals surface area contributed by atoms with Gasteiger partial charge < -0.3 is 4.74 Å². The van der Waals surface area contributed by atoms with Gasteiger partial charge in [-0.15, -0.1) is 0 Å². The Kier molecular flexibility index (Phi) is 5.78. The lowest BCUT2D eigenvalue weighted by atomic mass is 10.1. The molecular weight excluding hydrogens is 558 g/mol. The summed E-state index contributed by atoms with van der Waals surface area (Å²) >= 11 is 4.64. The highest BCUT2D eigenvalue weighted by Crippen LogP contribution is 2.28. The summed E-state index contributed by atoms with van der Waals surface area (Å²) in [6.45, 7) is 0. The van der Waals surface area contributed by atoms with Crippen molar-refractivity contribution in [1.29, 1.82) is 0 Å². The predicted octanol–water partition coefficient (Wildman–Crippen LogP) is 8.02. The molecule has 0 saturated carbocycles. The van der Waals surface area contributed by atoms with Crippen molar-refractivity contribution >= 4 is 45.2 Å². The van der Waals surface area contributed by atoms with E-state index in [9.17, 15) is 0 Å². The van der Waals surface area contributed by atoms with Crippen molar-refractivity contribution < 1.29 is 4.74 Å². The van der Waals surface area contributed by atoms with Gasteiger partial charge in [0.2, 0.25) is 0 Å². The van der Waals surface area contributed by atoms with Gasteiger partial charge in [0.15, 0.2) is 0 Å². The standard InChI is InChI=1S/C24H16I2O/c25-21-9-1-17(2-10-21)19-5-13-23(14-6-19)27-24-15-7-20(8-16-24)18-3-11-22(26)12-4-18/h1-16H. The van der Waals surface area contributed by atoms with Crippen LogP contribution in [0.3, 0.4) is 0 Å². The average molecular weight is 574 g/mol. The molecule has 0 heterocycles. The van der Waals surface area contributed by atoms with Gasteiger partial charge in [0.25, 0.3) is 0 Å². The minimum atomic E-state index is 0.839. The Bertz CT molecular complexity index is 933. The molecule has 0 aromatic heterocycles. The maximum atomic E-state index is 6.00. The van der Waals surface area contributed by atoms with Crippen LogP contribution in [0.15, 0.2) is 97.1 Å².